The van der Waals surface area contributed by atoms with E-state index in [1.807, 2.05) is 19.4 Å². The molecule has 0 spiro atoms. The quantitative estimate of drug-likeness (QED) is 0.761. The first-order valence-electron chi connectivity index (χ1n) is 5.54. The van der Waals surface area contributed by atoms with Gasteiger partial charge in [0.15, 0.2) is 0 Å². The highest BCUT2D eigenvalue weighted by molar-refractivity contribution is 4.96. The van der Waals surface area contributed by atoms with Crippen LogP contribution in [0.3, 0.4) is 0 Å². The number of likely N-dealkylation sites (N-methyl/N-ethyl adjacent to an activating group) is 1. The second kappa shape index (κ2) is 5.88. The summed E-state index contributed by atoms with van der Waals surface area (Å²) in [5.41, 5.74) is 0. The third-order valence-electron chi connectivity index (χ3n) is 2.73. The molecule has 4 heteroatoms. The van der Waals surface area contributed by atoms with Crippen molar-refractivity contribution in [1.82, 2.24) is 19.8 Å². The Morgan fingerprint density at radius 3 is 2.87 bits per heavy atom. The Labute approximate surface area is 92.3 Å². The summed E-state index contributed by atoms with van der Waals surface area (Å²) in [4.78, 5) is 6.61. The van der Waals surface area contributed by atoms with Gasteiger partial charge in [0, 0.05) is 32.5 Å². The van der Waals surface area contributed by atoms with Crippen LogP contribution in [0.25, 0.3) is 0 Å². The minimum Gasteiger partial charge on any atom is -0.337 e. The molecule has 0 fully saturated rings. The Morgan fingerprint density at radius 1 is 1.60 bits per heavy atom. The zero-order valence-corrected chi connectivity index (χ0v) is 10.2. The number of rotatable bonds is 6. The lowest BCUT2D eigenvalue weighted by Crippen LogP contribution is -2.31. The van der Waals surface area contributed by atoms with E-state index in [0.717, 1.165) is 25.5 Å². The van der Waals surface area contributed by atoms with Gasteiger partial charge < -0.3 is 14.8 Å². The molecule has 1 aromatic heterocycles. The summed E-state index contributed by atoms with van der Waals surface area (Å²) < 4.78 is 2.06. The summed E-state index contributed by atoms with van der Waals surface area (Å²) in [7, 11) is 4.16. The first-order valence-corrected chi connectivity index (χ1v) is 5.54. The van der Waals surface area contributed by atoms with Gasteiger partial charge in [-0.25, -0.2) is 4.98 Å². The van der Waals surface area contributed by atoms with Gasteiger partial charge in [-0.2, -0.15) is 0 Å². The molecule has 0 bridgehead atoms. The molecular formula is C11H22N4. The summed E-state index contributed by atoms with van der Waals surface area (Å²) in [5, 5.41) is 3.47. The molecule has 0 aliphatic carbocycles. The van der Waals surface area contributed by atoms with Gasteiger partial charge >= 0.3 is 0 Å². The number of aromatic nitrogens is 2. The van der Waals surface area contributed by atoms with Crippen LogP contribution < -0.4 is 5.32 Å². The van der Waals surface area contributed by atoms with E-state index in [2.05, 4.69) is 40.7 Å². The fraction of sp³-hybridized carbons (Fsp3) is 0.727. The van der Waals surface area contributed by atoms with Gasteiger partial charge in [-0.3, -0.25) is 0 Å². The maximum Gasteiger partial charge on any atom is 0.125 e. The molecule has 0 saturated heterocycles. The molecule has 15 heavy (non-hydrogen) atoms. The Bertz CT molecular complexity index is 282. The van der Waals surface area contributed by atoms with Crippen LogP contribution in [0.1, 0.15) is 25.7 Å². The third-order valence-corrected chi connectivity index (χ3v) is 2.73. The summed E-state index contributed by atoms with van der Waals surface area (Å²) in [6.45, 7) is 7.48. The fourth-order valence-corrected chi connectivity index (χ4v) is 1.52. The zero-order valence-electron chi connectivity index (χ0n) is 10.2. The summed E-state index contributed by atoms with van der Waals surface area (Å²) in [5.74, 6) is 1.09. The zero-order chi connectivity index (χ0) is 11.3. The Kier molecular flexibility index (Phi) is 4.78. The summed E-state index contributed by atoms with van der Waals surface area (Å²) >= 11 is 0. The second-order valence-electron chi connectivity index (χ2n) is 3.97. The van der Waals surface area contributed by atoms with Gasteiger partial charge in [0.25, 0.3) is 0 Å². The number of aryl methyl sites for hydroxylation is 1. The Morgan fingerprint density at radius 2 is 2.33 bits per heavy atom. The molecule has 0 amide bonds. The molecule has 1 atom stereocenters. The Hall–Kier alpha value is -0.870. The van der Waals surface area contributed by atoms with Gasteiger partial charge in [0.1, 0.15) is 5.82 Å². The minimum absolute atomic E-state index is 0.315. The number of nitrogens with zero attached hydrogens (tertiary/aromatic N) is 3. The topological polar surface area (TPSA) is 33.1 Å². The highest BCUT2D eigenvalue weighted by Gasteiger charge is 2.08. The molecule has 0 radical (unpaired) electrons. The predicted octanol–water partition coefficient (Wildman–Crippen LogP) is 1.02. The Balaban J connectivity index is 2.31. The molecule has 0 aliphatic rings. The summed E-state index contributed by atoms with van der Waals surface area (Å²) in [6.07, 6.45) is 3.82. The molecule has 86 valence electrons. The van der Waals surface area contributed by atoms with Crippen LogP contribution in [0.4, 0.5) is 0 Å². The predicted molar refractivity (Wildman–Crippen MR) is 62.8 cm³/mol. The monoisotopic (exact) mass is 210 g/mol. The van der Waals surface area contributed by atoms with Gasteiger partial charge in [-0.05, 0) is 20.5 Å². The van der Waals surface area contributed by atoms with Crippen LogP contribution in [0.5, 0.6) is 0 Å². The van der Waals surface area contributed by atoms with E-state index in [9.17, 15) is 0 Å². The standard InChI is InChI=1S/C11H22N4/c1-5-14(3)8-6-12-10(2)11-13-7-9-15(11)4/h7,9-10,12H,5-6,8H2,1-4H3. The van der Waals surface area contributed by atoms with Gasteiger partial charge in [0.2, 0.25) is 0 Å². The van der Waals surface area contributed by atoms with Crippen LogP contribution in [-0.4, -0.2) is 41.1 Å². The largest absolute Gasteiger partial charge is 0.337 e. The van der Waals surface area contributed by atoms with E-state index < -0.39 is 0 Å². The maximum atomic E-state index is 4.32. The summed E-state index contributed by atoms with van der Waals surface area (Å²) in [6, 6.07) is 0.315. The van der Waals surface area contributed by atoms with Crippen molar-refractivity contribution in [2.75, 3.05) is 26.7 Å². The maximum absolute atomic E-state index is 4.32. The lowest BCUT2D eigenvalue weighted by molar-refractivity contribution is 0.340. The number of hydrogen-bond acceptors (Lipinski definition) is 3. The second-order valence-corrected chi connectivity index (χ2v) is 3.97. The van der Waals surface area contributed by atoms with E-state index in [0.29, 0.717) is 6.04 Å². The van der Waals surface area contributed by atoms with Crippen LogP contribution in [0.2, 0.25) is 0 Å². The van der Waals surface area contributed by atoms with Crippen molar-refractivity contribution in [1.29, 1.82) is 0 Å². The average molecular weight is 210 g/mol. The van der Waals surface area contributed by atoms with Crippen LogP contribution in [0.15, 0.2) is 12.4 Å². The van der Waals surface area contributed by atoms with E-state index in [1.54, 1.807) is 0 Å². The van der Waals surface area contributed by atoms with Gasteiger partial charge in [-0.1, -0.05) is 6.92 Å². The lowest BCUT2D eigenvalue weighted by Gasteiger charge is -2.17. The first kappa shape index (κ1) is 12.2. The van der Waals surface area contributed by atoms with E-state index in [4.69, 9.17) is 0 Å². The van der Waals surface area contributed by atoms with Crippen molar-refractivity contribution in [3.8, 4) is 0 Å². The fourth-order valence-electron chi connectivity index (χ4n) is 1.52. The number of imidazole rings is 1. The van der Waals surface area contributed by atoms with Crippen molar-refractivity contribution in [3.63, 3.8) is 0 Å². The molecule has 1 N–H and O–H groups in total. The molecular weight excluding hydrogens is 188 g/mol. The van der Waals surface area contributed by atoms with E-state index in [1.165, 1.54) is 0 Å². The molecule has 4 nitrogen and oxygen atoms in total. The van der Waals surface area contributed by atoms with Crippen molar-refractivity contribution in [3.05, 3.63) is 18.2 Å². The van der Waals surface area contributed by atoms with Crippen LogP contribution >= 0.6 is 0 Å². The van der Waals surface area contributed by atoms with Gasteiger partial charge in [-0.15, -0.1) is 0 Å². The average Bonchev–Trinajstić information content (AvgIpc) is 2.64. The molecule has 1 rings (SSSR count). The molecule has 0 aliphatic heterocycles. The third kappa shape index (κ3) is 3.64. The minimum atomic E-state index is 0.315. The lowest BCUT2D eigenvalue weighted by atomic mass is 10.3. The molecule has 1 aromatic rings. The molecule has 0 aromatic carbocycles. The van der Waals surface area contributed by atoms with Crippen molar-refractivity contribution in [2.45, 2.75) is 19.9 Å². The molecule has 0 saturated carbocycles. The first-order chi connectivity index (χ1) is 7.15. The highest BCUT2D eigenvalue weighted by Crippen LogP contribution is 2.07. The van der Waals surface area contributed by atoms with Gasteiger partial charge in [0.05, 0.1) is 6.04 Å². The molecule has 1 heterocycles. The van der Waals surface area contributed by atoms with Crippen molar-refractivity contribution in [2.24, 2.45) is 7.05 Å². The van der Waals surface area contributed by atoms with Crippen LogP contribution in [-0.2, 0) is 7.05 Å². The van der Waals surface area contributed by atoms with E-state index in [-0.39, 0.29) is 0 Å². The highest BCUT2D eigenvalue weighted by atomic mass is 15.1. The van der Waals surface area contributed by atoms with Crippen molar-refractivity contribution >= 4 is 0 Å². The van der Waals surface area contributed by atoms with Crippen LogP contribution in [0, 0.1) is 0 Å². The number of hydrogen-bond donors (Lipinski definition) is 1. The molecule has 1 unspecified atom stereocenters. The SMILES string of the molecule is CCN(C)CCNC(C)c1nccn1C. The number of nitrogens with one attached hydrogen (secondary N) is 1. The van der Waals surface area contributed by atoms with E-state index >= 15 is 0 Å². The smallest absolute Gasteiger partial charge is 0.125 e. The van der Waals surface area contributed by atoms with Crippen molar-refractivity contribution < 1.29 is 0 Å². The normalized spacial score (nSPS) is 13.4.